The Bertz CT molecular complexity index is 1350. The van der Waals surface area contributed by atoms with Crippen molar-refractivity contribution >= 4 is 99.2 Å². The van der Waals surface area contributed by atoms with Crippen LogP contribution < -0.4 is 9.47 Å². The first-order chi connectivity index (χ1) is 24.4. The Morgan fingerprint density at radius 2 is 1.02 bits per heavy atom. The lowest BCUT2D eigenvalue weighted by Crippen LogP contribution is -2.28. The number of benzene rings is 2. The van der Waals surface area contributed by atoms with Crippen LogP contribution in [0.15, 0.2) is 67.5 Å². The Hall–Kier alpha value is -0.920. The summed E-state index contributed by atoms with van der Waals surface area (Å²) in [7, 11) is 0. The first kappa shape index (κ1) is 42.8. The number of ether oxygens (including phenoxy) is 4. The van der Waals surface area contributed by atoms with E-state index in [1.165, 1.54) is 76.4 Å². The zero-order valence-electron chi connectivity index (χ0n) is 29.4. The molecule has 2 aliphatic carbocycles. The zero-order valence-corrected chi connectivity index (χ0v) is 37.3. The molecule has 2 aliphatic rings. The molecule has 0 N–H and O–H groups in total. The fourth-order valence-corrected chi connectivity index (χ4v) is 11.7. The van der Waals surface area contributed by atoms with Gasteiger partial charge in [0.15, 0.2) is 0 Å². The van der Waals surface area contributed by atoms with Crippen LogP contribution in [0.3, 0.4) is 0 Å². The maximum atomic E-state index is 12.1. The summed E-state index contributed by atoms with van der Waals surface area (Å²) in [5.74, 6) is 1.76. The van der Waals surface area contributed by atoms with Crippen molar-refractivity contribution in [2.24, 2.45) is 0 Å². The standard InChI is InChI=1S/C39H48Br4O6S2/c1-5-35(44)48-27(23-50-29-13-9-7-10-14-29)21-46-37-31(40)17-25(18-32(37)41)39(3,4)26-19-33(42)38(34(43)20-26)47-22-28(49-36(45)6-2)24-51-30-15-11-8-12-16-30/h5-6,17-20,27-30H,1-2,7-16,21-24H2,3-4H3. The third-order valence-electron chi connectivity index (χ3n) is 9.31. The van der Waals surface area contributed by atoms with Gasteiger partial charge in [-0.1, -0.05) is 65.5 Å². The van der Waals surface area contributed by atoms with E-state index in [0.717, 1.165) is 29.0 Å². The largest absolute Gasteiger partial charge is 0.487 e. The topological polar surface area (TPSA) is 71.1 Å². The van der Waals surface area contributed by atoms with E-state index in [1.807, 2.05) is 23.5 Å². The fourth-order valence-electron chi connectivity index (χ4n) is 6.24. The first-order valence-corrected chi connectivity index (χ1v) is 22.8. The van der Waals surface area contributed by atoms with Gasteiger partial charge in [0.2, 0.25) is 0 Å². The molecule has 12 heteroatoms. The normalized spacial score (nSPS) is 16.9. The number of thioether (sulfide) groups is 2. The first-order valence-electron chi connectivity index (χ1n) is 17.5. The van der Waals surface area contributed by atoms with Crippen molar-refractivity contribution < 1.29 is 28.5 Å². The van der Waals surface area contributed by atoms with Crippen molar-refractivity contribution in [1.29, 1.82) is 0 Å². The van der Waals surface area contributed by atoms with Gasteiger partial charge in [0.25, 0.3) is 0 Å². The summed E-state index contributed by atoms with van der Waals surface area (Å²) in [6.45, 7) is 11.9. The predicted octanol–water partition coefficient (Wildman–Crippen LogP) is 12.1. The molecular weight excluding hydrogens is 948 g/mol. The van der Waals surface area contributed by atoms with E-state index in [1.54, 1.807) is 0 Å². The molecule has 6 nitrogen and oxygen atoms in total. The Morgan fingerprint density at radius 3 is 1.33 bits per heavy atom. The molecule has 0 radical (unpaired) electrons. The summed E-state index contributed by atoms with van der Waals surface area (Å²) in [4.78, 5) is 24.2. The summed E-state index contributed by atoms with van der Waals surface area (Å²) in [5.41, 5.74) is 1.70. The number of carbonyl (C=O) groups excluding carboxylic acids is 2. The molecule has 0 aliphatic heterocycles. The van der Waals surface area contributed by atoms with Gasteiger partial charge in [0.1, 0.15) is 36.9 Å². The van der Waals surface area contributed by atoms with Crippen LogP contribution in [0, 0.1) is 0 Å². The van der Waals surface area contributed by atoms with Gasteiger partial charge in [-0.05, 0) is 125 Å². The molecule has 0 amide bonds. The summed E-state index contributed by atoms with van der Waals surface area (Å²) in [5, 5.41) is 1.19. The molecule has 280 valence electrons. The Labute approximate surface area is 345 Å². The fraction of sp³-hybridized carbons (Fsp3) is 0.538. The van der Waals surface area contributed by atoms with Crippen LogP contribution in [0.1, 0.15) is 89.2 Å². The second-order valence-electron chi connectivity index (χ2n) is 13.5. The monoisotopic (exact) mass is 992 g/mol. The van der Waals surface area contributed by atoms with E-state index in [9.17, 15) is 9.59 Å². The van der Waals surface area contributed by atoms with Gasteiger partial charge < -0.3 is 18.9 Å². The van der Waals surface area contributed by atoms with Crippen molar-refractivity contribution in [3.8, 4) is 11.5 Å². The van der Waals surface area contributed by atoms with Crippen LogP contribution in [0.25, 0.3) is 0 Å². The molecule has 0 bridgehead atoms. The lowest BCUT2D eigenvalue weighted by Gasteiger charge is -2.29. The summed E-state index contributed by atoms with van der Waals surface area (Å²) >= 11 is 18.7. The molecule has 51 heavy (non-hydrogen) atoms. The highest BCUT2D eigenvalue weighted by molar-refractivity contribution is 9.11. The highest BCUT2D eigenvalue weighted by Crippen LogP contribution is 2.44. The van der Waals surface area contributed by atoms with Crippen molar-refractivity contribution in [1.82, 2.24) is 0 Å². The van der Waals surface area contributed by atoms with Crippen molar-refractivity contribution in [2.45, 2.75) is 106 Å². The average Bonchev–Trinajstić information content (AvgIpc) is 3.12. The quantitative estimate of drug-likeness (QED) is 0.108. The summed E-state index contributed by atoms with van der Waals surface area (Å²) < 4.78 is 27.1. The predicted molar refractivity (Wildman–Crippen MR) is 226 cm³/mol. The van der Waals surface area contributed by atoms with Gasteiger partial charge in [0, 0.05) is 39.6 Å². The van der Waals surface area contributed by atoms with Gasteiger partial charge >= 0.3 is 11.9 Å². The number of rotatable bonds is 18. The molecule has 0 aromatic heterocycles. The minimum absolute atomic E-state index is 0.230. The van der Waals surface area contributed by atoms with Crippen LogP contribution in [0.2, 0.25) is 0 Å². The van der Waals surface area contributed by atoms with Crippen LogP contribution in [-0.2, 0) is 24.5 Å². The molecular formula is C39H48Br4O6S2. The number of hydrogen-bond acceptors (Lipinski definition) is 8. The molecule has 2 fully saturated rings. The molecule has 0 heterocycles. The minimum atomic E-state index is -0.443. The molecule has 0 saturated heterocycles. The maximum Gasteiger partial charge on any atom is 0.330 e. The SMILES string of the molecule is C=CC(=O)OC(COc1c(Br)cc(C(C)(C)c2cc(Br)c(OCC(CSC3CCCCC3)OC(=O)C=C)c(Br)c2)cc1Br)CSC1CCCCC1. The third-order valence-corrected chi connectivity index (χ3v) is 14.7. The second-order valence-corrected chi connectivity index (χ2v) is 19.6. The Kier molecular flexibility index (Phi) is 17.8. The van der Waals surface area contributed by atoms with Crippen molar-refractivity contribution in [2.75, 3.05) is 24.7 Å². The van der Waals surface area contributed by atoms with Crippen LogP contribution >= 0.6 is 87.2 Å². The van der Waals surface area contributed by atoms with Gasteiger partial charge in [-0.3, -0.25) is 0 Å². The zero-order chi connectivity index (χ0) is 37.0. The third kappa shape index (κ3) is 13.1. The van der Waals surface area contributed by atoms with E-state index in [-0.39, 0.29) is 13.2 Å². The summed E-state index contributed by atoms with van der Waals surface area (Å²) in [6.07, 6.45) is 14.1. The molecule has 2 aromatic rings. The lowest BCUT2D eigenvalue weighted by molar-refractivity contribution is -0.144. The van der Waals surface area contributed by atoms with Crippen LogP contribution in [0.5, 0.6) is 11.5 Å². The second kappa shape index (κ2) is 21.2. The van der Waals surface area contributed by atoms with E-state index in [2.05, 4.69) is 115 Å². The Morgan fingerprint density at radius 1 is 0.686 bits per heavy atom. The smallest absolute Gasteiger partial charge is 0.330 e. The molecule has 0 spiro atoms. The van der Waals surface area contributed by atoms with Gasteiger partial charge in [-0.2, -0.15) is 23.5 Å². The van der Waals surface area contributed by atoms with Crippen LogP contribution in [-0.4, -0.2) is 59.4 Å². The number of hydrogen-bond donors (Lipinski definition) is 0. The Balaban J connectivity index is 1.44. The van der Waals surface area contributed by atoms with E-state index in [0.29, 0.717) is 33.5 Å². The minimum Gasteiger partial charge on any atom is -0.487 e. The lowest BCUT2D eigenvalue weighted by atomic mass is 9.78. The summed E-state index contributed by atoms with van der Waals surface area (Å²) in [6, 6.07) is 8.26. The molecule has 2 aromatic carbocycles. The van der Waals surface area contributed by atoms with Crippen molar-refractivity contribution in [3.05, 3.63) is 78.6 Å². The highest BCUT2D eigenvalue weighted by Gasteiger charge is 2.29. The molecule has 2 unspecified atom stereocenters. The number of halogens is 4. The maximum absolute atomic E-state index is 12.1. The highest BCUT2D eigenvalue weighted by atomic mass is 79.9. The average molecular weight is 997 g/mol. The number of esters is 2. The van der Waals surface area contributed by atoms with Gasteiger partial charge in [-0.25, -0.2) is 9.59 Å². The van der Waals surface area contributed by atoms with Gasteiger partial charge in [0.05, 0.1) is 17.9 Å². The van der Waals surface area contributed by atoms with Crippen LogP contribution in [0.4, 0.5) is 0 Å². The van der Waals surface area contributed by atoms with Crippen molar-refractivity contribution in [3.63, 3.8) is 0 Å². The van der Waals surface area contributed by atoms with E-state index in [4.69, 9.17) is 18.9 Å². The van der Waals surface area contributed by atoms with E-state index < -0.39 is 29.6 Å². The molecule has 2 saturated carbocycles. The molecule has 4 rings (SSSR count). The number of carbonyl (C=O) groups is 2. The van der Waals surface area contributed by atoms with Gasteiger partial charge in [-0.15, -0.1) is 0 Å². The van der Waals surface area contributed by atoms with E-state index >= 15 is 0 Å². The molecule has 2 atom stereocenters.